The van der Waals surface area contributed by atoms with Crippen LogP contribution in [0.2, 0.25) is 0 Å². The Hall–Kier alpha value is -1.40. The minimum Gasteiger partial charge on any atom is -0.465 e. The van der Waals surface area contributed by atoms with E-state index >= 15 is 0 Å². The smallest absolute Gasteiger partial charge is 0.337 e. The van der Waals surface area contributed by atoms with Gasteiger partial charge in [-0.05, 0) is 30.7 Å². The molecule has 0 unspecified atom stereocenters. The first kappa shape index (κ1) is 15.7. The summed E-state index contributed by atoms with van der Waals surface area (Å²) >= 11 is 0. The topological polar surface area (TPSA) is 72.5 Å². The second-order valence-electron chi connectivity index (χ2n) is 4.35. The Morgan fingerprint density at radius 1 is 1.26 bits per heavy atom. The van der Waals surface area contributed by atoms with Gasteiger partial charge in [0.15, 0.2) is 0 Å². The molecule has 0 saturated carbocycles. The number of nitrogens with one attached hydrogen (secondary N) is 1. The van der Waals surface area contributed by atoms with Crippen molar-refractivity contribution in [2.75, 3.05) is 25.7 Å². The molecule has 6 heteroatoms. The fourth-order valence-corrected chi connectivity index (χ4v) is 2.24. The summed E-state index contributed by atoms with van der Waals surface area (Å²) in [4.78, 5) is 11.2. The van der Waals surface area contributed by atoms with Crippen LogP contribution < -0.4 is 5.32 Å². The van der Waals surface area contributed by atoms with Crippen molar-refractivity contribution < 1.29 is 17.9 Å². The molecule has 5 nitrogen and oxygen atoms in total. The maximum atomic E-state index is 11.2. The molecule has 0 aliphatic rings. The highest BCUT2D eigenvalue weighted by Crippen LogP contribution is 2.05. The second-order valence-corrected chi connectivity index (χ2v) is 6.61. The van der Waals surface area contributed by atoms with Gasteiger partial charge in [0.25, 0.3) is 0 Å². The SMILES string of the molecule is COC(=O)c1ccc(CNCCCS(C)(=O)=O)cc1. The van der Waals surface area contributed by atoms with Gasteiger partial charge in [0, 0.05) is 12.8 Å². The summed E-state index contributed by atoms with van der Waals surface area (Å²) in [6.07, 6.45) is 1.83. The Bertz CT molecular complexity index is 508. The zero-order chi connectivity index (χ0) is 14.3. The molecule has 1 rings (SSSR count). The number of carbonyl (C=O) groups is 1. The molecule has 0 bridgehead atoms. The van der Waals surface area contributed by atoms with Gasteiger partial charge in [-0.25, -0.2) is 13.2 Å². The van der Waals surface area contributed by atoms with Gasteiger partial charge in [0.1, 0.15) is 9.84 Å². The Morgan fingerprint density at radius 2 is 1.89 bits per heavy atom. The van der Waals surface area contributed by atoms with Crippen LogP contribution in [0.15, 0.2) is 24.3 Å². The first-order valence-electron chi connectivity index (χ1n) is 5.98. The lowest BCUT2D eigenvalue weighted by Crippen LogP contribution is -2.17. The summed E-state index contributed by atoms with van der Waals surface area (Å²) in [5.74, 6) is -0.158. The molecular weight excluding hydrogens is 266 g/mol. The molecule has 19 heavy (non-hydrogen) atoms. The number of hydrogen-bond acceptors (Lipinski definition) is 5. The minimum absolute atomic E-state index is 0.196. The van der Waals surface area contributed by atoms with Gasteiger partial charge in [-0.15, -0.1) is 0 Å². The minimum atomic E-state index is -2.88. The summed E-state index contributed by atoms with van der Waals surface area (Å²) in [5, 5.41) is 3.16. The molecule has 0 saturated heterocycles. The quantitative estimate of drug-likeness (QED) is 0.597. The average Bonchev–Trinajstić information content (AvgIpc) is 2.37. The zero-order valence-corrected chi connectivity index (χ0v) is 12.0. The van der Waals surface area contributed by atoms with E-state index < -0.39 is 9.84 Å². The first-order chi connectivity index (χ1) is 8.92. The third-order valence-electron chi connectivity index (χ3n) is 2.57. The maximum Gasteiger partial charge on any atom is 0.337 e. The van der Waals surface area contributed by atoms with Crippen molar-refractivity contribution in [2.45, 2.75) is 13.0 Å². The third kappa shape index (κ3) is 6.35. The van der Waals surface area contributed by atoms with Crippen LogP contribution >= 0.6 is 0 Å². The summed E-state index contributed by atoms with van der Waals surface area (Å²) in [6, 6.07) is 7.10. The summed E-state index contributed by atoms with van der Waals surface area (Å²) in [5.41, 5.74) is 1.55. The Kier molecular flexibility index (Phi) is 5.98. The highest BCUT2D eigenvalue weighted by Gasteiger charge is 2.04. The molecular formula is C13H19NO4S. The van der Waals surface area contributed by atoms with E-state index in [1.807, 2.05) is 12.1 Å². The van der Waals surface area contributed by atoms with E-state index in [0.717, 1.165) is 5.56 Å². The molecule has 106 valence electrons. The van der Waals surface area contributed by atoms with Gasteiger partial charge in [0.2, 0.25) is 0 Å². The van der Waals surface area contributed by atoms with Crippen LogP contribution in [-0.2, 0) is 21.1 Å². The number of hydrogen-bond donors (Lipinski definition) is 1. The maximum absolute atomic E-state index is 11.2. The van der Waals surface area contributed by atoms with Crippen molar-refractivity contribution in [3.8, 4) is 0 Å². The molecule has 0 aliphatic carbocycles. The van der Waals surface area contributed by atoms with E-state index in [4.69, 9.17) is 0 Å². The third-order valence-corrected chi connectivity index (χ3v) is 3.60. The van der Waals surface area contributed by atoms with E-state index in [-0.39, 0.29) is 11.7 Å². The lowest BCUT2D eigenvalue weighted by molar-refractivity contribution is 0.0600. The van der Waals surface area contributed by atoms with Crippen molar-refractivity contribution in [2.24, 2.45) is 0 Å². The van der Waals surface area contributed by atoms with Crippen LogP contribution in [-0.4, -0.2) is 40.1 Å². The molecule has 1 N–H and O–H groups in total. The summed E-state index contributed by atoms with van der Waals surface area (Å²) < 4.78 is 26.5. The van der Waals surface area contributed by atoms with Gasteiger partial charge in [-0.2, -0.15) is 0 Å². The van der Waals surface area contributed by atoms with Crippen LogP contribution in [0.4, 0.5) is 0 Å². The molecule has 0 aliphatic heterocycles. The van der Waals surface area contributed by atoms with Gasteiger partial charge >= 0.3 is 5.97 Å². The molecule has 1 aromatic carbocycles. The molecule has 0 heterocycles. The van der Waals surface area contributed by atoms with Crippen LogP contribution in [0.5, 0.6) is 0 Å². The van der Waals surface area contributed by atoms with Crippen molar-refractivity contribution >= 4 is 15.8 Å². The van der Waals surface area contributed by atoms with Gasteiger partial charge < -0.3 is 10.1 Å². The number of ether oxygens (including phenoxy) is 1. The molecule has 0 radical (unpaired) electrons. The number of methoxy groups -OCH3 is 1. The van der Waals surface area contributed by atoms with E-state index in [1.54, 1.807) is 12.1 Å². The predicted molar refractivity (Wildman–Crippen MR) is 73.8 cm³/mol. The molecule has 0 spiro atoms. The van der Waals surface area contributed by atoms with Crippen molar-refractivity contribution in [1.82, 2.24) is 5.32 Å². The van der Waals surface area contributed by atoms with E-state index in [0.29, 0.717) is 25.1 Å². The highest BCUT2D eigenvalue weighted by atomic mass is 32.2. The summed E-state index contributed by atoms with van der Waals surface area (Å²) in [7, 11) is -1.53. The van der Waals surface area contributed by atoms with Crippen LogP contribution in [0.25, 0.3) is 0 Å². The van der Waals surface area contributed by atoms with Crippen molar-refractivity contribution in [1.29, 1.82) is 0 Å². The number of carbonyl (C=O) groups excluding carboxylic acids is 1. The summed E-state index contributed by atoms with van der Waals surface area (Å²) in [6.45, 7) is 1.29. The Morgan fingerprint density at radius 3 is 2.42 bits per heavy atom. The van der Waals surface area contributed by atoms with Gasteiger partial charge in [0.05, 0.1) is 18.4 Å². The number of benzene rings is 1. The van der Waals surface area contributed by atoms with E-state index in [9.17, 15) is 13.2 Å². The fourth-order valence-electron chi connectivity index (χ4n) is 1.57. The molecule has 0 aromatic heterocycles. The number of sulfone groups is 1. The highest BCUT2D eigenvalue weighted by molar-refractivity contribution is 7.90. The van der Waals surface area contributed by atoms with Gasteiger partial charge in [-0.3, -0.25) is 0 Å². The Balaban J connectivity index is 2.32. The average molecular weight is 285 g/mol. The lowest BCUT2D eigenvalue weighted by Gasteiger charge is -2.05. The zero-order valence-electron chi connectivity index (χ0n) is 11.2. The first-order valence-corrected chi connectivity index (χ1v) is 8.04. The molecule has 0 fully saturated rings. The number of esters is 1. The molecule has 1 aromatic rings. The van der Waals surface area contributed by atoms with Crippen LogP contribution in [0.1, 0.15) is 22.3 Å². The largest absolute Gasteiger partial charge is 0.465 e. The lowest BCUT2D eigenvalue weighted by atomic mass is 10.1. The second kappa shape index (κ2) is 7.25. The van der Waals surface area contributed by atoms with E-state index in [1.165, 1.54) is 13.4 Å². The van der Waals surface area contributed by atoms with Crippen molar-refractivity contribution in [3.63, 3.8) is 0 Å². The fraction of sp³-hybridized carbons (Fsp3) is 0.462. The van der Waals surface area contributed by atoms with Crippen molar-refractivity contribution in [3.05, 3.63) is 35.4 Å². The standard InChI is InChI=1S/C13H19NO4S/c1-18-13(15)12-6-4-11(5-7-12)10-14-8-3-9-19(2,16)17/h4-7,14H,3,8-10H2,1-2H3. The molecule has 0 amide bonds. The Labute approximate surface area is 113 Å². The van der Waals surface area contributed by atoms with Gasteiger partial charge in [-0.1, -0.05) is 12.1 Å². The van der Waals surface area contributed by atoms with Crippen LogP contribution in [0.3, 0.4) is 0 Å². The number of rotatable bonds is 7. The van der Waals surface area contributed by atoms with E-state index in [2.05, 4.69) is 10.1 Å². The molecule has 0 atom stereocenters. The van der Waals surface area contributed by atoms with Crippen LogP contribution in [0, 0.1) is 0 Å². The predicted octanol–water partition coefficient (Wildman–Crippen LogP) is 0.998. The monoisotopic (exact) mass is 285 g/mol. The normalized spacial score (nSPS) is 11.3.